The molecule has 1 amide bonds. The average Bonchev–Trinajstić information content (AvgIpc) is 3.23. The second kappa shape index (κ2) is 6.27. The number of hydrogen-bond acceptors (Lipinski definition) is 5. The van der Waals surface area contributed by atoms with Crippen molar-refractivity contribution in [3.63, 3.8) is 0 Å². The summed E-state index contributed by atoms with van der Waals surface area (Å²) in [5, 5.41) is 4.10. The zero-order valence-corrected chi connectivity index (χ0v) is 13.0. The molecule has 1 atom stereocenters. The van der Waals surface area contributed by atoms with Crippen LogP contribution in [0.5, 0.6) is 0 Å². The summed E-state index contributed by atoms with van der Waals surface area (Å²) in [6.07, 6.45) is 1.93. The summed E-state index contributed by atoms with van der Waals surface area (Å²) in [4.78, 5) is 30.3. The molecular formula is C16H16N2O3S. The predicted molar refractivity (Wildman–Crippen MR) is 82.9 cm³/mol. The summed E-state index contributed by atoms with van der Waals surface area (Å²) < 4.78 is 4.65. The predicted octanol–water partition coefficient (Wildman–Crippen LogP) is 2.91. The molecule has 0 aliphatic carbocycles. The van der Waals surface area contributed by atoms with Gasteiger partial charge in [-0.3, -0.25) is 4.79 Å². The first kappa shape index (κ1) is 14.7. The summed E-state index contributed by atoms with van der Waals surface area (Å²) in [7, 11) is 1.30. The highest BCUT2D eigenvalue weighted by Crippen LogP contribution is 2.33. The SMILES string of the molecule is COC(=O)c1cccc(C(=O)N2CCCC2c2ccsc2)n1. The van der Waals surface area contributed by atoms with Crippen molar-refractivity contribution in [2.24, 2.45) is 0 Å². The van der Waals surface area contributed by atoms with Gasteiger partial charge >= 0.3 is 5.97 Å². The van der Waals surface area contributed by atoms with Gasteiger partial charge in [0.2, 0.25) is 0 Å². The lowest BCUT2D eigenvalue weighted by Gasteiger charge is -2.24. The minimum Gasteiger partial charge on any atom is -0.464 e. The second-order valence-electron chi connectivity index (χ2n) is 5.11. The first-order valence-electron chi connectivity index (χ1n) is 7.09. The Balaban J connectivity index is 1.86. The Morgan fingerprint density at radius 1 is 1.32 bits per heavy atom. The van der Waals surface area contributed by atoms with Gasteiger partial charge in [0, 0.05) is 6.54 Å². The van der Waals surface area contributed by atoms with Crippen LogP contribution in [0, 0.1) is 0 Å². The van der Waals surface area contributed by atoms with Crippen LogP contribution in [0.1, 0.15) is 45.4 Å². The smallest absolute Gasteiger partial charge is 0.356 e. The van der Waals surface area contributed by atoms with Crippen molar-refractivity contribution in [3.05, 3.63) is 52.0 Å². The minimum absolute atomic E-state index is 0.0994. The van der Waals surface area contributed by atoms with E-state index in [1.54, 1.807) is 29.5 Å². The van der Waals surface area contributed by atoms with Gasteiger partial charge in [-0.2, -0.15) is 11.3 Å². The highest BCUT2D eigenvalue weighted by Gasteiger charge is 2.31. The van der Waals surface area contributed by atoms with Gasteiger partial charge in [-0.15, -0.1) is 0 Å². The van der Waals surface area contributed by atoms with Crippen LogP contribution in [-0.4, -0.2) is 35.4 Å². The molecule has 2 aromatic heterocycles. The van der Waals surface area contributed by atoms with E-state index in [4.69, 9.17) is 0 Å². The molecule has 5 nitrogen and oxygen atoms in total. The van der Waals surface area contributed by atoms with Crippen molar-refractivity contribution in [3.8, 4) is 0 Å². The Kier molecular flexibility index (Phi) is 4.20. The lowest BCUT2D eigenvalue weighted by atomic mass is 10.1. The molecule has 0 spiro atoms. The molecule has 0 N–H and O–H groups in total. The number of carbonyl (C=O) groups is 2. The Morgan fingerprint density at radius 3 is 2.86 bits per heavy atom. The number of aromatic nitrogens is 1. The largest absolute Gasteiger partial charge is 0.464 e. The van der Waals surface area contributed by atoms with Crippen LogP contribution in [0.15, 0.2) is 35.0 Å². The number of ether oxygens (including phenoxy) is 1. The van der Waals surface area contributed by atoms with E-state index in [1.165, 1.54) is 12.7 Å². The number of nitrogens with zero attached hydrogens (tertiary/aromatic N) is 2. The van der Waals surface area contributed by atoms with Gasteiger partial charge in [0.15, 0.2) is 0 Å². The number of thiophene rings is 1. The van der Waals surface area contributed by atoms with Crippen LogP contribution in [0.4, 0.5) is 0 Å². The second-order valence-corrected chi connectivity index (χ2v) is 5.89. The number of carbonyl (C=O) groups excluding carboxylic acids is 2. The van der Waals surface area contributed by atoms with Crippen LogP contribution in [0.25, 0.3) is 0 Å². The van der Waals surface area contributed by atoms with Crippen molar-refractivity contribution in [1.29, 1.82) is 0 Å². The van der Waals surface area contributed by atoms with Crippen molar-refractivity contribution < 1.29 is 14.3 Å². The molecule has 1 saturated heterocycles. The van der Waals surface area contributed by atoms with Crippen molar-refractivity contribution in [1.82, 2.24) is 9.88 Å². The van der Waals surface area contributed by atoms with E-state index in [0.29, 0.717) is 6.54 Å². The minimum atomic E-state index is -0.537. The topological polar surface area (TPSA) is 59.5 Å². The molecule has 0 radical (unpaired) electrons. The molecule has 1 unspecified atom stereocenters. The van der Waals surface area contributed by atoms with Crippen LogP contribution >= 0.6 is 11.3 Å². The lowest BCUT2D eigenvalue weighted by Crippen LogP contribution is -2.31. The van der Waals surface area contributed by atoms with E-state index >= 15 is 0 Å². The lowest BCUT2D eigenvalue weighted by molar-refractivity contribution is 0.0593. The fourth-order valence-corrected chi connectivity index (χ4v) is 3.45. The van der Waals surface area contributed by atoms with Crippen LogP contribution < -0.4 is 0 Å². The van der Waals surface area contributed by atoms with Gasteiger partial charge < -0.3 is 9.64 Å². The number of amides is 1. The third-order valence-electron chi connectivity index (χ3n) is 3.80. The van der Waals surface area contributed by atoms with Crippen molar-refractivity contribution in [2.45, 2.75) is 18.9 Å². The number of hydrogen-bond donors (Lipinski definition) is 0. The number of esters is 1. The number of methoxy groups -OCH3 is 1. The Bertz CT molecular complexity index is 684. The van der Waals surface area contributed by atoms with Gasteiger partial charge in [-0.25, -0.2) is 9.78 Å². The monoisotopic (exact) mass is 316 g/mol. The fraction of sp³-hybridized carbons (Fsp3) is 0.312. The molecular weight excluding hydrogens is 300 g/mol. The molecule has 0 aromatic carbocycles. The number of pyridine rings is 1. The summed E-state index contributed by atoms with van der Waals surface area (Å²) >= 11 is 1.63. The van der Waals surface area contributed by atoms with Crippen LogP contribution in [0.3, 0.4) is 0 Å². The molecule has 6 heteroatoms. The summed E-state index contributed by atoms with van der Waals surface area (Å²) in [6, 6.07) is 6.99. The van der Waals surface area contributed by atoms with Gasteiger partial charge in [-0.05, 0) is 47.4 Å². The molecule has 22 heavy (non-hydrogen) atoms. The molecule has 3 heterocycles. The third kappa shape index (κ3) is 2.74. The summed E-state index contributed by atoms with van der Waals surface area (Å²) in [5.41, 5.74) is 1.60. The van der Waals surface area contributed by atoms with E-state index in [2.05, 4.69) is 21.2 Å². The van der Waals surface area contributed by atoms with E-state index in [-0.39, 0.29) is 23.3 Å². The summed E-state index contributed by atoms with van der Waals surface area (Å²) in [5.74, 6) is -0.676. The van der Waals surface area contributed by atoms with Crippen molar-refractivity contribution >= 4 is 23.2 Å². The normalized spacial score (nSPS) is 17.5. The quantitative estimate of drug-likeness (QED) is 0.817. The Hall–Kier alpha value is -2.21. The zero-order chi connectivity index (χ0) is 15.5. The maximum Gasteiger partial charge on any atom is 0.356 e. The van der Waals surface area contributed by atoms with Crippen LogP contribution in [-0.2, 0) is 4.74 Å². The Labute approximate surface area is 132 Å². The van der Waals surface area contributed by atoms with Gasteiger partial charge in [0.1, 0.15) is 11.4 Å². The number of rotatable bonds is 3. The summed E-state index contributed by atoms with van der Waals surface area (Å²) in [6.45, 7) is 0.712. The molecule has 2 aromatic rings. The molecule has 114 valence electrons. The molecule has 1 fully saturated rings. The first-order valence-corrected chi connectivity index (χ1v) is 8.03. The third-order valence-corrected chi connectivity index (χ3v) is 4.51. The van der Waals surface area contributed by atoms with E-state index in [0.717, 1.165) is 12.8 Å². The van der Waals surface area contributed by atoms with Crippen LogP contribution in [0.2, 0.25) is 0 Å². The van der Waals surface area contributed by atoms with Gasteiger partial charge in [-0.1, -0.05) is 6.07 Å². The highest BCUT2D eigenvalue weighted by atomic mass is 32.1. The zero-order valence-electron chi connectivity index (χ0n) is 12.2. The maximum atomic E-state index is 12.7. The average molecular weight is 316 g/mol. The molecule has 3 rings (SSSR count). The fourth-order valence-electron chi connectivity index (χ4n) is 2.74. The highest BCUT2D eigenvalue weighted by molar-refractivity contribution is 7.08. The van der Waals surface area contributed by atoms with E-state index in [9.17, 15) is 9.59 Å². The molecule has 0 bridgehead atoms. The first-order chi connectivity index (χ1) is 10.7. The Morgan fingerprint density at radius 2 is 2.14 bits per heavy atom. The van der Waals surface area contributed by atoms with Gasteiger partial charge in [0.05, 0.1) is 13.2 Å². The standard InChI is InChI=1S/C16H16N2O3S/c1-21-16(20)13-5-2-4-12(17-13)15(19)18-8-3-6-14(18)11-7-9-22-10-11/h2,4-5,7,9-10,14H,3,6,8H2,1H3. The maximum absolute atomic E-state index is 12.7. The molecule has 0 saturated carbocycles. The van der Waals surface area contributed by atoms with Gasteiger partial charge in [0.25, 0.3) is 5.91 Å². The van der Waals surface area contributed by atoms with E-state index in [1.807, 2.05) is 10.3 Å². The molecule has 1 aliphatic rings. The van der Waals surface area contributed by atoms with E-state index < -0.39 is 5.97 Å². The number of likely N-dealkylation sites (tertiary alicyclic amines) is 1. The molecule has 1 aliphatic heterocycles. The van der Waals surface area contributed by atoms with Crippen molar-refractivity contribution in [2.75, 3.05) is 13.7 Å².